The number of hydrogen-bond donors (Lipinski definition) is 2. The molecule has 1 aromatic carbocycles. The first kappa shape index (κ1) is 16.7. The van der Waals surface area contributed by atoms with E-state index in [0.29, 0.717) is 19.4 Å². The van der Waals surface area contributed by atoms with Crippen LogP contribution in [-0.4, -0.2) is 55.0 Å². The lowest BCUT2D eigenvalue weighted by Gasteiger charge is -2.44. The van der Waals surface area contributed by atoms with Crippen LogP contribution in [0, 0.1) is 0 Å². The molecule has 23 heavy (non-hydrogen) atoms. The summed E-state index contributed by atoms with van der Waals surface area (Å²) < 4.78 is 22.8. The number of methoxy groups -OCH3 is 1. The molecule has 2 aliphatic rings. The second kappa shape index (κ2) is 7.59. The summed E-state index contributed by atoms with van der Waals surface area (Å²) in [5, 5.41) is 19.3. The maximum atomic E-state index is 10.4. The van der Waals surface area contributed by atoms with Crippen molar-refractivity contribution in [3.8, 4) is 5.75 Å². The fraction of sp³-hybridized carbons (Fsp3) is 0.647. The average molecular weight is 324 g/mol. The van der Waals surface area contributed by atoms with Gasteiger partial charge in [-0.25, -0.2) is 0 Å². The minimum absolute atomic E-state index is 0.0527. The highest BCUT2D eigenvalue weighted by molar-refractivity contribution is 5.28. The fourth-order valence-electron chi connectivity index (χ4n) is 3.15. The molecule has 3 rings (SSSR count). The number of fused-ring (bicyclic) bond motifs is 1. The van der Waals surface area contributed by atoms with Crippen LogP contribution in [0.1, 0.15) is 31.1 Å². The Morgan fingerprint density at radius 2 is 2.00 bits per heavy atom. The van der Waals surface area contributed by atoms with Crippen LogP contribution in [0.4, 0.5) is 0 Å². The van der Waals surface area contributed by atoms with Gasteiger partial charge in [0.25, 0.3) is 0 Å². The van der Waals surface area contributed by atoms with Crippen LogP contribution >= 0.6 is 0 Å². The third-order valence-electron chi connectivity index (χ3n) is 4.38. The number of benzene rings is 1. The fourth-order valence-corrected chi connectivity index (χ4v) is 3.15. The average Bonchev–Trinajstić information content (AvgIpc) is 2.60. The summed E-state index contributed by atoms with van der Waals surface area (Å²) >= 11 is 0. The van der Waals surface area contributed by atoms with Gasteiger partial charge in [-0.05, 0) is 25.0 Å². The molecule has 0 bridgehead atoms. The maximum absolute atomic E-state index is 10.4. The van der Waals surface area contributed by atoms with E-state index in [4.69, 9.17) is 24.1 Å². The van der Waals surface area contributed by atoms with Crippen molar-refractivity contribution in [2.45, 2.75) is 50.0 Å². The van der Waals surface area contributed by atoms with Gasteiger partial charge < -0.3 is 29.2 Å². The van der Waals surface area contributed by atoms with Crippen molar-refractivity contribution in [2.75, 3.05) is 20.3 Å². The van der Waals surface area contributed by atoms with E-state index in [0.717, 1.165) is 17.7 Å². The number of hydrogen-bond acceptors (Lipinski definition) is 6. The topological polar surface area (TPSA) is 77.4 Å². The molecule has 2 saturated heterocycles. The normalized spacial score (nSPS) is 34.0. The van der Waals surface area contributed by atoms with Crippen LogP contribution in [-0.2, 0) is 14.2 Å². The van der Waals surface area contributed by atoms with Gasteiger partial charge >= 0.3 is 0 Å². The minimum Gasteiger partial charge on any atom is -0.497 e. The molecule has 0 aromatic heterocycles. The molecular formula is C17H24O6. The highest BCUT2D eigenvalue weighted by Gasteiger charge is 2.43. The van der Waals surface area contributed by atoms with Gasteiger partial charge in [-0.1, -0.05) is 12.1 Å². The largest absolute Gasteiger partial charge is 0.497 e. The van der Waals surface area contributed by atoms with Crippen molar-refractivity contribution in [2.24, 2.45) is 0 Å². The Labute approximate surface area is 135 Å². The molecule has 1 unspecified atom stereocenters. The molecule has 2 fully saturated rings. The Morgan fingerprint density at radius 3 is 2.70 bits per heavy atom. The van der Waals surface area contributed by atoms with E-state index < -0.39 is 12.4 Å². The molecule has 2 aliphatic heterocycles. The summed E-state index contributed by atoms with van der Waals surface area (Å²) in [7, 11) is 1.62. The molecule has 0 saturated carbocycles. The lowest BCUT2D eigenvalue weighted by atomic mass is 9.95. The second-order valence-corrected chi connectivity index (χ2v) is 6.00. The monoisotopic (exact) mass is 324 g/mol. The van der Waals surface area contributed by atoms with Crippen molar-refractivity contribution < 1.29 is 29.2 Å². The maximum Gasteiger partial charge on any atom is 0.184 e. The molecule has 6 nitrogen and oxygen atoms in total. The summed E-state index contributed by atoms with van der Waals surface area (Å²) in [6.07, 6.45) is 0.137. The highest BCUT2D eigenvalue weighted by atomic mass is 16.7. The van der Waals surface area contributed by atoms with Crippen LogP contribution in [0.2, 0.25) is 0 Å². The van der Waals surface area contributed by atoms with Gasteiger partial charge in [-0.2, -0.15) is 0 Å². The Morgan fingerprint density at radius 1 is 1.22 bits per heavy atom. The van der Waals surface area contributed by atoms with Crippen LogP contribution in [0.25, 0.3) is 0 Å². The Balaban J connectivity index is 1.62. The van der Waals surface area contributed by atoms with Gasteiger partial charge in [0.05, 0.1) is 25.9 Å². The van der Waals surface area contributed by atoms with Crippen molar-refractivity contribution >= 4 is 0 Å². The summed E-state index contributed by atoms with van der Waals surface area (Å²) in [5.74, 6) is 0.773. The van der Waals surface area contributed by atoms with Gasteiger partial charge in [0.15, 0.2) is 6.29 Å². The van der Waals surface area contributed by atoms with Crippen molar-refractivity contribution in [1.82, 2.24) is 0 Å². The first-order valence-corrected chi connectivity index (χ1v) is 8.06. The summed E-state index contributed by atoms with van der Waals surface area (Å²) in [4.78, 5) is 0. The third-order valence-corrected chi connectivity index (χ3v) is 4.38. The number of aliphatic hydroxyl groups excluding tert-OH is 2. The number of aliphatic hydroxyl groups is 2. The second-order valence-electron chi connectivity index (χ2n) is 6.00. The van der Waals surface area contributed by atoms with Crippen LogP contribution in [0.5, 0.6) is 5.75 Å². The lowest BCUT2D eigenvalue weighted by Crippen LogP contribution is -2.54. The molecule has 1 aromatic rings. The van der Waals surface area contributed by atoms with E-state index in [2.05, 4.69) is 0 Å². The molecule has 2 N–H and O–H groups in total. The summed E-state index contributed by atoms with van der Waals surface area (Å²) in [6, 6.07) is 7.49. The van der Waals surface area contributed by atoms with E-state index in [-0.39, 0.29) is 24.9 Å². The molecule has 0 amide bonds. The molecule has 0 spiro atoms. The molecular weight excluding hydrogens is 300 g/mol. The molecule has 5 atom stereocenters. The van der Waals surface area contributed by atoms with E-state index >= 15 is 0 Å². The molecule has 0 aliphatic carbocycles. The van der Waals surface area contributed by atoms with E-state index in [1.807, 2.05) is 24.3 Å². The zero-order chi connectivity index (χ0) is 16.2. The number of ether oxygens (including phenoxy) is 4. The van der Waals surface area contributed by atoms with E-state index in [9.17, 15) is 5.11 Å². The van der Waals surface area contributed by atoms with Crippen molar-refractivity contribution in [3.63, 3.8) is 0 Å². The van der Waals surface area contributed by atoms with Gasteiger partial charge in [-0.15, -0.1) is 0 Å². The van der Waals surface area contributed by atoms with Crippen LogP contribution < -0.4 is 4.74 Å². The SMILES string of the molecule is COc1ccc(C2OC[C@H]3O[C@H](CCCO)C[C@@H](O)[C@@H]3O2)cc1. The molecule has 0 radical (unpaired) electrons. The van der Waals surface area contributed by atoms with Crippen LogP contribution in [0.15, 0.2) is 24.3 Å². The van der Waals surface area contributed by atoms with E-state index in [1.165, 1.54) is 0 Å². The molecule has 6 heteroatoms. The zero-order valence-electron chi connectivity index (χ0n) is 13.3. The van der Waals surface area contributed by atoms with Crippen molar-refractivity contribution in [1.29, 1.82) is 0 Å². The highest BCUT2D eigenvalue weighted by Crippen LogP contribution is 2.35. The quantitative estimate of drug-likeness (QED) is 0.852. The first-order chi connectivity index (χ1) is 11.2. The first-order valence-electron chi connectivity index (χ1n) is 8.06. The van der Waals surface area contributed by atoms with Crippen molar-refractivity contribution in [3.05, 3.63) is 29.8 Å². The minimum atomic E-state index is -0.581. The predicted molar refractivity (Wildman–Crippen MR) is 82.2 cm³/mol. The molecule has 2 heterocycles. The van der Waals surface area contributed by atoms with Gasteiger partial charge in [0.1, 0.15) is 18.0 Å². The van der Waals surface area contributed by atoms with Gasteiger partial charge in [0, 0.05) is 18.6 Å². The third kappa shape index (κ3) is 3.84. The van der Waals surface area contributed by atoms with Gasteiger partial charge in [-0.3, -0.25) is 0 Å². The Hall–Kier alpha value is -1.18. The predicted octanol–water partition coefficient (Wildman–Crippen LogP) is 1.40. The Bertz CT molecular complexity index is 490. The zero-order valence-corrected chi connectivity index (χ0v) is 13.3. The smallest absolute Gasteiger partial charge is 0.184 e. The van der Waals surface area contributed by atoms with Gasteiger partial charge in [0.2, 0.25) is 0 Å². The standard InChI is InChI=1S/C17H24O6/c1-20-12-6-4-11(5-7-12)17-21-10-15-16(23-17)14(19)9-13(22-15)3-2-8-18/h4-7,13-19H,2-3,8-10H2,1H3/t13-,14-,15-,16+,17?/m1/s1. The molecule has 128 valence electrons. The summed E-state index contributed by atoms with van der Waals surface area (Å²) in [6.45, 7) is 0.518. The number of rotatable bonds is 5. The Kier molecular flexibility index (Phi) is 5.50. The van der Waals surface area contributed by atoms with E-state index in [1.54, 1.807) is 7.11 Å². The van der Waals surface area contributed by atoms with Crippen LogP contribution in [0.3, 0.4) is 0 Å². The lowest BCUT2D eigenvalue weighted by molar-refractivity contribution is -0.310. The summed E-state index contributed by atoms with van der Waals surface area (Å²) in [5.41, 5.74) is 0.888.